The highest BCUT2D eigenvalue weighted by atomic mass is 35.5. The monoisotopic (exact) mass is 400 g/mol. The Morgan fingerprint density at radius 2 is 1.92 bits per heavy atom. The lowest BCUT2D eigenvalue weighted by atomic mass is 9.87. The molecular formula is C17H18Cl2N2O5. The van der Waals surface area contributed by atoms with E-state index in [2.05, 4.69) is 4.99 Å². The second-order valence-corrected chi connectivity index (χ2v) is 6.71. The number of carbonyl (C=O) groups excluding carboxylic acids is 3. The molecule has 140 valence electrons. The molecule has 0 aromatic heterocycles. The number of imide groups is 1. The molecule has 0 aliphatic carbocycles. The maximum absolute atomic E-state index is 12.7. The van der Waals surface area contributed by atoms with Crippen LogP contribution in [-0.4, -0.2) is 41.9 Å². The molecule has 0 radical (unpaired) electrons. The lowest BCUT2D eigenvalue weighted by molar-refractivity contribution is -0.151. The Kier molecular flexibility index (Phi) is 6.26. The molecule has 0 saturated carbocycles. The first-order valence-electron chi connectivity index (χ1n) is 7.79. The van der Waals surface area contributed by atoms with E-state index in [0.717, 1.165) is 12.0 Å². The zero-order chi connectivity index (χ0) is 19.6. The zero-order valence-corrected chi connectivity index (χ0v) is 16.2. The molecular weight excluding hydrogens is 383 g/mol. The van der Waals surface area contributed by atoms with Gasteiger partial charge in [0, 0.05) is 5.71 Å². The first-order valence-corrected chi connectivity index (χ1v) is 8.55. The van der Waals surface area contributed by atoms with Gasteiger partial charge in [0.1, 0.15) is 5.92 Å². The summed E-state index contributed by atoms with van der Waals surface area (Å²) in [5.74, 6) is -1.67. The Morgan fingerprint density at radius 3 is 2.50 bits per heavy atom. The lowest BCUT2D eigenvalue weighted by Crippen LogP contribution is -2.50. The van der Waals surface area contributed by atoms with E-state index >= 15 is 0 Å². The Labute approximate surface area is 160 Å². The molecule has 1 aliphatic heterocycles. The molecule has 0 fully saturated rings. The zero-order valence-electron chi connectivity index (χ0n) is 14.7. The van der Waals surface area contributed by atoms with Crippen LogP contribution in [0.4, 0.5) is 9.59 Å². The van der Waals surface area contributed by atoms with E-state index in [4.69, 9.17) is 32.7 Å². The number of rotatable bonds is 3. The molecule has 2 rings (SSSR count). The Bertz CT molecular complexity index is 778. The minimum Gasteiger partial charge on any atom is -0.462 e. The van der Waals surface area contributed by atoms with Crippen LogP contribution in [0.15, 0.2) is 23.2 Å². The number of halogens is 2. The smallest absolute Gasteiger partial charge is 0.418 e. The highest BCUT2D eigenvalue weighted by molar-refractivity contribution is 6.42. The summed E-state index contributed by atoms with van der Waals surface area (Å²) < 4.78 is 9.99. The lowest BCUT2D eigenvalue weighted by Gasteiger charge is -2.36. The van der Waals surface area contributed by atoms with Gasteiger partial charge in [-0.2, -0.15) is 0 Å². The Balaban J connectivity index is 2.67. The predicted octanol–water partition coefficient (Wildman–Crippen LogP) is 4.27. The molecule has 7 nitrogen and oxygen atoms in total. The van der Waals surface area contributed by atoms with E-state index in [9.17, 15) is 14.4 Å². The number of ether oxygens (including phenoxy) is 2. The quantitative estimate of drug-likeness (QED) is 0.707. The van der Waals surface area contributed by atoms with E-state index in [1.807, 2.05) is 0 Å². The number of benzene rings is 1. The van der Waals surface area contributed by atoms with Crippen molar-refractivity contribution in [2.75, 3.05) is 7.11 Å². The van der Waals surface area contributed by atoms with Crippen molar-refractivity contribution in [2.45, 2.75) is 32.9 Å². The van der Waals surface area contributed by atoms with E-state index in [0.29, 0.717) is 5.56 Å². The van der Waals surface area contributed by atoms with Crippen molar-refractivity contribution in [3.63, 3.8) is 0 Å². The average molecular weight is 401 g/mol. The summed E-state index contributed by atoms with van der Waals surface area (Å²) in [5, 5.41) is 0.343. The number of esters is 1. The fraction of sp³-hybridized carbons (Fsp3) is 0.412. The van der Waals surface area contributed by atoms with Gasteiger partial charge in [-0.15, -0.1) is 0 Å². The maximum atomic E-state index is 12.7. The summed E-state index contributed by atoms with van der Waals surface area (Å²) >= 11 is 12.4. The predicted molar refractivity (Wildman–Crippen MR) is 96.7 cm³/mol. The van der Waals surface area contributed by atoms with Gasteiger partial charge in [0.15, 0.2) is 0 Å². The van der Waals surface area contributed by atoms with Crippen LogP contribution in [0.5, 0.6) is 0 Å². The molecule has 0 N–H and O–H groups in total. The van der Waals surface area contributed by atoms with Crippen molar-refractivity contribution in [3.05, 3.63) is 33.8 Å². The molecule has 2 atom stereocenters. The van der Waals surface area contributed by atoms with Crippen LogP contribution < -0.4 is 0 Å². The van der Waals surface area contributed by atoms with Crippen LogP contribution in [0, 0.1) is 5.92 Å². The first-order chi connectivity index (χ1) is 12.2. The third-order valence-electron chi connectivity index (χ3n) is 3.80. The summed E-state index contributed by atoms with van der Waals surface area (Å²) in [6.45, 7) is 4.90. The van der Waals surface area contributed by atoms with Gasteiger partial charge in [0.05, 0.1) is 29.3 Å². The molecule has 1 aromatic carbocycles. The number of nitrogens with zero attached hydrogens (tertiary/aromatic N) is 2. The summed E-state index contributed by atoms with van der Waals surface area (Å²) in [6.07, 6.45) is -1.36. The third-order valence-corrected chi connectivity index (χ3v) is 4.63. The number of carbonyl (C=O) groups is 3. The highest BCUT2D eigenvalue weighted by Gasteiger charge is 2.47. The van der Waals surface area contributed by atoms with E-state index in [-0.39, 0.29) is 15.8 Å². The van der Waals surface area contributed by atoms with Crippen molar-refractivity contribution in [1.29, 1.82) is 0 Å². The number of hydrogen-bond donors (Lipinski definition) is 0. The van der Waals surface area contributed by atoms with Gasteiger partial charge in [-0.25, -0.2) is 19.5 Å². The minimum absolute atomic E-state index is 0.123. The summed E-state index contributed by atoms with van der Waals surface area (Å²) in [4.78, 5) is 41.9. The van der Waals surface area contributed by atoms with Crippen LogP contribution in [-0.2, 0) is 14.3 Å². The summed E-state index contributed by atoms with van der Waals surface area (Å²) in [7, 11) is 1.12. The van der Waals surface area contributed by atoms with Gasteiger partial charge >= 0.3 is 18.1 Å². The van der Waals surface area contributed by atoms with Gasteiger partial charge in [0.2, 0.25) is 0 Å². The highest BCUT2D eigenvalue weighted by Crippen LogP contribution is 2.40. The molecule has 0 spiro atoms. The van der Waals surface area contributed by atoms with Crippen LogP contribution in [0.2, 0.25) is 10.0 Å². The molecule has 3 amide bonds. The average Bonchev–Trinajstić information content (AvgIpc) is 2.55. The fourth-order valence-corrected chi connectivity index (χ4v) is 3.15. The van der Waals surface area contributed by atoms with Crippen molar-refractivity contribution in [2.24, 2.45) is 10.9 Å². The van der Waals surface area contributed by atoms with E-state index in [1.165, 1.54) is 6.92 Å². The summed E-state index contributed by atoms with van der Waals surface area (Å²) in [6, 6.07) is 2.79. The molecule has 0 saturated heterocycles. The largest absolute Gasteiger partial charge is 0.462 e. The van der Waals surface area contributed by atoms with Crippen molar-refractivity contribution in [1.82, 2.24) is 4.90 Å². The van der Waals surface area contributed by atoms with Crippen molar-refractivity contribution >= 4 is 47.0 Å². The van der Waals surface area contributed by atoms with Crippen LogP contribution in [0.3, 0.4) is 0 Å². The van der Waals surface area contributed by atoms with Gasteiger partial charge < -0.3 is 9.47 Å². The molecule has 1 aliphatic rings. The van der Waals surface area contributed by atoms with Gasteiger partial charge in [-0.05, 0) is 32.4 Å². The Hall–Kier alpha value is -2.12. The van der Waals surface area contributed by atoms with E-state index in [1.54, 1.807) is 32.0 Å². The standard InChI is InChI=1S/C17H18Cl2N2O5/c1-8(2)26-15(22)12-9(3)20-16(23)21(17(24)25-4)14(12)10-6-5-7-11(18)13(10)19/h5-8,12,14H,1-4H3. The summed E-state index contributed by atoms with van der Waals surface area (Å²) in [5.41, 5.74) is 0.528. The second kappa shape index (κ2) is 8.05. The second-order valence-electron chi connectivity index (χ2n) is 5.93. The fourth-order valence-electron chi connectivity index (χ4n) is 2.73. The first kappa shape index (κ1) is 20.2. The molecule has 0 bridgehead atoms. The van der Waals surface area contributed by atoms with Crippen LogP contribution in [0.25, 0.3) is 0 Å². The van der Waals surface area contributed by atoms with E-state index < -0.39 is 36.2 Å². The van der Waals surface area contributed by atoms with Crippen molar-refractivity contribution < 1.29 is 23.9 Å². The van der Waals surface area contributed by atoms with Crippen LogP contribution in [0.1, 0.15) is 32.4 Å². The number of amides is 3. The van der Waals surface area contributed by atoms with Gasteiger partial charge in [0.25, 0.3) is 0 Å². The minimum atomic E-state index is -1.09. The topological polar surface area (TPSA) is 85.3 Å². The molecule has 1 heterocycles. The Morgan fingerprint density at radius 1 is 1.27 bits per heavy atom. The van der Waals surface area contributed by atoms with Gasteiger partial charge in [-0.1, -0.05) is 35.3 Å². The van der Waals surface area contributed by atoms with Gasteiger partial charge in [-0.3, -0.25) is 4.79 Å². The molecule has 1 aromatic rings. The SMILES string of the molecule is COC(=O)N1C(=O)N=C(C)C(C(=O)OC(C)C)C1c1cccc(Cl)c1Cl. The number of methoxy groups -OCH3 is 1. The maximum Gasteiger partial charge on any atom is 0.418 e. The number of hydrogen-bond acceptors (Lipinski definition) is 5. The third kappa shape index (κ3) is 3.83. The van der Waals surface area contributed by atoms with Crippen LogP contribution >= 0.6 is 23.2 Å². The van der Waals surface area contributed by atoms with Crippen molar-refractivity contribution in [3.8, 4) is 0 Å². The normalized spacial score (nSPS) is 20.0. The molecule has 26 heavy (non-hydrogen) atoms. The number of urea groups is 1. The number of aliphatic imine (C=N–C) groups is 1. The molecule has 9 heteroatoms. The molecule has 2 unspecified atom stereocenters.